The first-order valence-corrected chi connectivity index (χ1v) is 13.3. The molecule has 8 nitrogen and oxygen atoms in total. The molecular formula is C30H31BrN4O4. The van der Waals surface area contributed by atoms with Crippen LogP contribution in [0.25, 0.3) is 0 Å². The Morgan fingerprint density at radius 2 is 1.82 bits per heavy atom. The lowest BCUT2D eigenvalue weighted by Gasteiger charge is -2.20. The number of benzene rings is 3. The Morgan fingerprint density at radius 1 is 1.10 bits per heavy atom. The van der Waals surface area contributed by atoms with Crippen molar-refractivity contribution in [2.45, 2.75) is 40.3 Å². The van der Waals surface area contributed by atoms with Crippen LogP contribution in [0.1, 0.15) is 53.4 Å². The topological polar surface area (TPSA) is 113 Å². The van der Waals surface area contributed by atoms with E-state index >= 15 is 0 Å². The van der Waals surface area contributed by atoms with Gasteiger partial charge in [0.2, 0.25) is 0 Å². The van der Waals surface area contributed by atoms with Crippen molar-refractivity contribution in [3.63, 3.8) is 0 Å². The highest BCUT2D eigenvalue weighted by Gasteiger charge is 2.24. The van der Waals surface area contributed by atoms with Gasteiger partial charge in [0.15, 0.2) is 11.5 Å². The number of amides is 2. The minimum atomic E-state index is -0.770. The van der Waals surface area contributed by atoms with Gasteiger partial charge in [0.05, 0.1) is 28.9 Å². The Bertz CT molecular complexity index is 1380. The molecule has 0 aliphatic carbocycles. The van der Waals surface area contributed by atoms with Crippen LogP contribution in [0.4, 0.5) is 0 Å². The molecular weight excluding hydrogens is 560 g/mol. The van der Waals surface area contributed by atoms with Crippen molar-refractivity contribution in [2.24, 2.45) is 11.0 Å². The van der Waals surface area contributed by atoms with Crippen molar-refractivity contribution >= 4 is 34.0 Å². The molecule has 0 heterocycles. The minimum Gasteiger partial charge on any atom is -0.490 e. The summed E-state index contributed by atoms with van der Waals surface area (Å²) in [6.45, 7) is 8.10. The van der Waals surface area contributed by atoms with Crippen molar-refractivity contribution in [2.75, 3.05) is 6.61 Å². The Kier molecular flexibility index (Phi) is 10.6. The predicted molar refractivity (Wildman–Crippen MR) is 154 cm³/mol. The van der Waals surface area contributed by atoms with Crippen LogP contribution in [0.15, 0.2) is 70.2 Å². The summed E-state index contributed by atoms with van der Waals surface area (Å²) in [5.41, 5.74) is 6.00. The van der Waals surface area contributed by atoms with Gasteiger partial charge in [0.25, 0.3) is 11.8 Å². The Balaban J connectivity index is 1.70. The van der Waals surface area contributed by atoms with Crippen molar-refractivity contribution < 1.29 is 19.1 Å². The Morgan fingerprint density at radius 3 is 2.49 bits per heavy atom. The van der Waals surface area contributed by atoms with Gasteiger partial charge in [-0.15, -0.1) is 0 Å². The average molecular weight is 592 g/mol. The normalized spacial score (nSPS) is 11.6. The molecule has 0 spiro atoms. The van der Waals surface area contributed by atoms with Crippen LogP contribution in [0.3, 0.4) is 0 Å². The largest absolute Gasteiger partial charge is 0.490 e. The molecule has 0 aliphatic rings. The van der Waals surface area contributed by atoms with Crippen LogP contribution in [0.2, 0.25) is 0 Å². The molecule has 3 rings (SSSR count). The monoisotopic (exact) mass is 590 g/mol. The number of hydrogen-bond acceptors (Lipinski definition) is 6. The summed E-state index contributed by atoms with van der Waals surface area (Å²) >= 11 is 3.53. The van der Waals surface area contributed by atoms with Crippen LogP contribution in [0, 0.1) is 24.2 Å². The van der Waals surface area contributed by atoms with Gasteiger partial charge in [-0.1, -0.05) is 49.7 Å². The molecule has 1 unspecified atom stereocenters. The summed E-state index contributed by atoms with van der Waals surface area (Å²) in [6.07, 6.45) is 1.49. The fourth-order valence-corrected chi connectivity index (χ4v) is 4.25. The van der Waals surface area contributed by atoms with Gasteiger partial charge in [-0.2, -0.15) is 10.4 Å². The first kappa shape index (κ1) is 29.4. The van der Waals surface area contributed by atoms with Crippen LogP contribution >= 0.6 is 15.9 Å². The smallest absolute Gasteiger partial charge is 0.262 e. The van der Waals surface area contributed by atoms with E-state index in [0.29, 0.717) is 39.3 Å². The third-order valence-corrected chi connectivity index (χ3v) is 6.37. The van der Waals surface area contributed by atoms with Gasteiger partial charge in [0.1, 0.15) is 12.6 Å². The standard InChI is InChI=1S/C30H31BrN4O4/c1-5-38-26-15-21(14-25(31)28(26)39-18-24-9-7-6-8-23(24)16-32)17-33-35-30(37)27(19(2)3)34-29(36)22-12-10-20(4)11-13-22/h6-15,17,19,27H,5,18H2,1-4H3,(H,34,36)(H,35,37). The first-order chi connectivity index (χ1) is 18.7. The van der Waals surface area contributed by atoms with Crippen LogP contribution < -0.4 is 20.2 Å². The number of nitrogens with one attached hydrogen (secondary N) is 2. The number of carbonyl (C=O) groups excluding carboxylic acids is 2. The predicted octanol–water partition coefficient (Wildman–Crippen LogP) is 5.51. The lowest BCUT2D eigenvalue weighted by molar-refractivity contribution is -0.123. The zero-order chi connectivity index (χ0) is 28.4. The molecule has 0 saturated carbocycles. The van der Waals surface area contributed by atoms with Crippen molar-refractivity contribution in [3.8, 4) is 17.6 Å². The molecule has 0 aliphatic heterocycles. The number of halogens is 1. The van der Waals surface area contributed by atoms with Gasteiger partial charge in [0, 0.05) is 11.1 Å². The molecule has 1 atom stereocenters. The van der Waals surface area contributed by atoms with Crippen molar-refractivity contribution in [1.29, 1.82) is 5.26 Å². The molecule has 0 fully saturated rings. The van der Waals surface area contributed by atoms with Gasteiger partial charge < -0.3 is 14.8 Å². The molecule has 0 bridgehead atoms. The summed E-state index contributed by atoms with van der Waals surface area (Å²) in [5.74, 6) is 0.0629. The molecule has 2 amide bonds. The molecule has 3 aromatic rings. The van der Waals surface area contributed by atoms with Crippen LogP contribution in [-0.2, 0) is 11.4 Å². The van der Waals surface area contributed by atoms with Gasteiger partial charge in [-0.25, -0.2) is 5.43 Å². The molecule has 202 valence electrons. The summed E-state index contributed by atoms with van der Waals surface area (Å²) in [6, 6.07) is 19.3. The summed E-state index contributed by atoms with van der Waals surface area (Å²) < 4.78 is 12.4. The summed E-state index contributed by atoms with van der Waals surface area (Å²) in [4.78, 5) is 25.5. The number of hydrogen-bond donors (Lipinski definition) is 2. The van der Waals surface area contributed by atoms with E-state index in [2.05, 4.69) is 37.8 Å². The molecule has 9 heteroatoms. The van der Waals surface area contributed by atoms with E-state index in [1.165, 1.54) is 6.21 Å². The Hall–Kier alpha value is -4.16. The van der Waals surface area contributed by atoms with Crippen LogP contribution in [0.5, 0.6) is 11.5 Å². The number of hydrazone groups is 1. The van der Waals surface area contributed by atoms with Gasteiger partial charge in [-0.05, 0) is 71.6 Å². The number of rotatable bonds is 11. The highest BCUT2D eigenvalue weighted by molar-refractivity contribution is 9.10. The maximum absolute atomic E-state index is 12.8. The highest BCUT2D eigenvalue weighted by atomic mass is 79.9. The maximum atomic E-state index is 12.8. The minimum absolute atomic E-state index is 0.157. The zero-order valence-corrected chi connectivity index (χ0v) is 23.9. The molecule has 3 aromatic carbocycles. The average Bonchev–Trinajstić information content (AvgIpc) is 2.91. The summed E-state index contributed by atoms with van der Waals surface area (Å²) in [7, 11) is 0. The second kappa shape index (κ2) is 14.1. The van der Waals surface area contributed by atoms with E-state index in [1.54, 1.807) is 36.4 Å². The van der Waals surface area contributed by atoms with E-state index in [1.807, 2.05) is 52.0 Å². The molecule has 0 radical (unpaired) electrons. The van der Waals surface area contributed by atoms with Crippen LogP contribution in [-0.4, -0.2) is 30.7 Å². The van der Waals surface area contributed by atoms with Gasteiger partial charge >= 0.3 is 0 Å². The van der Waals surface area contributed by atoms with E-state index in [4.69, 9.17) is 9.47 Å². The Labute approximate surface area is 237 Å². The SMILES string of the molecule is CCOc1cc(C=NNC(=O)C(NC(=O)c2ccc(C)cc2)C(C)C)cc(Br)c1OCc1ccccc1C#N. The van der Waals surface area contributed by atoms with Crippen molar-refractivity contribution in [1.82, 2.24) is 10.7 Å². The van der Waals surface area contributed by atoms with E-state index in [9.17, 15) is 14.9 Å². The molecule has 0 aromatic heterocycles. The zero-order valence-electron chi connectivity index (χ0n) is 22.3. The fraction of sp³-hybridized carbons (Fsp3) is 0.267. The number of aryl methyl sites for hydroxylation is 1. The number of nitriles is 1. The number of ether oxygens (including phenoxy) is 2. The third kappa shape index (κ3) is 8.16. The maximum Gasteiger partial charge on any atom is 0.262 e. The highest BCUT2D eigenvalue weighted by Crippen LogP contribution is 2.37. The second-order valence-corrected chi connectivity index (χ2v) is 9.97. The third-order valence-electron chi connectivity index (χ3n) is 5.78. The van der Waals surface area contributed by atoms with E-state index < -0.39 is 11.9 Å². The number of nitrogens with zero attached hydrogens (tertiary/aromatic N) is 2. The molecule has 2 N–H and O–H groups in total. The van der Waals surface area contributed by atoms with E-state index in [0.717, 1.165) is 11.1 Å². The molecule has 39 heavy (non-hydrogen) atoms. The second-order valence-electron chi connectivity index (χ2n) is 9.12. The van der Waals surface area contributed by atoms with Crippen molar-refractivity contribution in [3.05, 3.63) is 93.0 Å². The summed E-state index contributed by atoms with van der Waals surface area (Å²) in [5, 5.41) is 16.2. The fourth-order valence-electron chi connectivity index (χ4n) is 3.68. The van der Waals surface area contributed by atoms with E-state index in [-0.39, 0.29) is 18.4 Å². The molecule has 0 saturated heterocycles. The lowest BCUT2D eigenvalue weighted by atomic mass is 10.0. The first-order valence-electron chi connectivity index (χ1n) is 12.5. The van der Waals surface area contributed by atoms with Gasteiger partial charge in [-0.3, -0.25) is 9.59 Å². The number of carbonyl (C=O) groups is 2. The lowest BCUT2D eigenvalue weighted by Crippen LogP contribution is -2.48. The quantitative estimate of drug-likeness (QED) is 0.226.